The van der Waals surface area contributed by atoms with Gasteiger partial charge >= 0.3 is 8.60 Å². The number of rotatable bonds is 3. The minimum atomic E-state index is -0.990. The van der Waals surface area contributed by atoms with Gasteiger partial charge in [0.1, 0.15) is 0 Å². The van der Waals surface area contributed by atoms with Crippen LogP contribution in [0.3, 0.4) is 0 Å². The first-order chi connectivity index (χ1) is 4.83. The van der Waals surface area contributed by atoms with Crippen LogP contribution in [-0.2, 0) is 13.6 Å². The fraction of sp³-hybridized carbons (Fsp3) is 1.00. The summed E-state index contributed by atoms with van der Waals surface area (Å²) < 4.78 is 15.7. The van der Waals surface area contributed by atoms with Crippen LogP contribution >= 0.6 is 8.60 Å². The van der Waals surface area contributed by atoms with Crippen molar-refractivity contribution in [3.8, 4) is 0 Å². The molecule has 0 amide bonds. The van der Waals surface area contributed by atoms with E-state index in [1.807, 2.05) is 6.92 Å². The SMILES string of the molecule is CCCOP1OCC(C)O1. The van der Waals surface area contributed by atoms with Crippen molar-refractivity contribution in [3.05, 3.63) is 0 Å². The van der Waals surface area contributed by atoms with E-state index in [1.54, 1.807) is 0 Å². The molecule has 60 valence electrons. The minimum Gasteiger partial charge on any atom is -0.312 e. The van der Waals surface area contributed by atoms with Gasteiger partial charge in [0.25, 0.3) is 0 Å². The molecule has 1 rings (SSSR count). The van der Waals surface area contributed by atoms with E-state index in [0.717, 1.165) is 13.0 Å². The maximum absolute atomic E-state index is 5.28. The molecule has 0 bridgehead atoms. The number of hydrogen-bond acceptors (Lipinski definition) is 3. The van der Waals surface area contributed by atoms with E-state index in [1.165, 1.54) is 0 Å². The summed E-state index contributed by atoms with van der Waals surface area (Å²) in [5.74, 6) is 0. The smallest absolute Gasteiger partial charge is 0.312 e. The van der Waals surface area contributed by atoms with E-state index in [-0.39, 0.29) is 6.10 Å². The van der Waals surface area contributed by atoms with E-state index >= 15 is 0 Å². The van der Waals surface area contributed by atoms with Gasteiger partial charge in [0.2, 0.25) is 0 Å². The van der Waals surface area contributed by atoms with E-state index in [9.17, 15) is 0 Å². The zero-order valence-corrected chi connectivity index (χ0v) is 7.27. The molecule has 2 atom stereocenters. The lowest BCUT2D eigenvalue weighted by Gasteiger charge is -2.06. The Balaban J connectivity index is 2.06. The minimum absolute atomic E-state index is 0.211. The van der Waals surface area contributed by atoms with Gasteiger partial charge in [0, 0.05) is 0 Å². The molecule has 0 spiro atoms. The highest BCUT2D eigenvalue weighted by Crippen LogP contribution is 2.45. The van der Waals surface area contributed by atoms with Crippen molar-refractivity contribution in [1.29, 1.82) is 0 Å². The Bertz CT molecular complexity index is 99.0. The quantitative estimate of drug-likeness (QED) is 0.597. The predicted molar refractivity (Wildman–Crippen MR) is 39.7 cm³/mol. The third-order valence-electron chi connectivity index (χ3n) is 1.08. The summed E-state index contributed by atoms with van der Waals surface area (Å²) in [5.41, 5.74) is 0. The number of hydrogen-bond donors (Lipinski definition) is 0. The van der Waals surface area contributed by atoms with Crippen LogP contribution in [0.1, 0.15) is 20.3 Å². The molecule has 1 fully saturated rings. The second kappa shape index (κ2) is 4.24. The van der Waals surface area contributed by atoms with Gasteiger partial charge in [-0.1, -0.05) is 6.92 Å². The Morgan fingerprint density at radius 3 is 3.00 bits per heavy atom. The Hall–Kier alpha value is 0.310. The summed E-state index contributed by atoms with van der Waals surface area (Å²) in [4.78, 5) is 0. The lowest BCUT2D eigenvalue weighted by Crippen LogP contribution is -1.99. The van der Waals surface area contributed by atoms with E-state index < -0.39 is 8.60 Å². The van der Waals surface area contributed by atoms with Gasteiger partial charge in [-0.15, -0.1) is 0 Å². The summed E-state index contributed by atoms with van der Waals surface area (Å²) in [5, 5.41) is 0. The van der Waals surface area contributed by atoms with E-state index in [2.05, 4.69) is 6.92 Å². The molecule has 1 aliphatic heterocycles. The molecule has 3 nitrogen and oxygen atoms in total. The maximum Gasteiger partial charge on any atom is 0.333 e. The van der Waals surface area contributed by atoms with Gasteiger partial charge in [0.15, 0.2) is 0 Å². The van der Waals surface area contributed by atoms with Gasteiger partial charge in [0.05, 0.1) is 19.3 Å². The Kier molecular flexibility index (Phi) is 3.57. The molecule has 0 saturated carbocycles. The highest BCUT2D eigenvalue weighted by atomic mass is 31.2. The van der Waals surface area contributed by atoms with Crippen molar-refractivity contribution in [2.24, 2.45) is 0 Å². The molecule has 0 aromatic heterocycles. The van der Waals surface area contributed by atoms with Gasteiger partial charge < -0.3 is 13.6 Å². The molecule has 1 saturated heterocycles. The van der Waals surface area contributed by atoms with Crippen LogP contribution in [-0.4, -0.2) is 19.3 Å². The van der Waals surface area contributed by atoms with Crippen LogP contribution in [0.4, 0.5) is 0 Å². The summed E-state index contributed by atoms with van der Waals surface area (Å²) in [6.45, 7) is 5.46. The third kappa shape index (κ3) is 2.51. The first kappa shape index (κ1) is 8.41. The van der Waals surface area contributed by atoms with Gasteiger partial charge in [-0.2, -0.15) is 0 Å². The Morgan fingerprint density at radius 2 is 2.50 bits per heavy atom. The Labute approximate surface area is 62.7 Å². The topological polar surface area (TPSA) is 27.7 Å². The van der Waals surface area contributed by atoms with Crippen LogP contribution < -0.4 is 0 Å². The molecule has 0 aromatic carbocycles. The van der Waals surface area contributed by atoms with E-state index in [4.69, 9.17) is 13.6 Å². The standard InChI is InChI=1S/C6H13O3P/c1-3-4-7-10-8-5-6(2)9-10/h6H,3-5H2,1-2H3. The molecule has 1 aliphatic rings. The molecule has 1 heterocycles. The molecular formula is C6H13O3P. The molecule has 4 heteroatoms. The zero-order valence-electron chi connectivity index (χ0n) is 6.37. The van der Waals surface area contributed by atoms with Gasteiger partial charge in [-0.05, 0) is 13.3 Å². The lowest BCUT2D eigenvalue weighted by molar-refractivity contribution is 0.226. The van der Waals surface area contributed by atoms with Crippen LogP contribution in [0.25, 0.3) is 0 Å². The summed E-state index contributed by atoms with van der Waals surface area (Å²) in [6, 6.07) is 0. The molecule has 0 aliphatic carbocycles. The molecule has 0 aromatic rings. The molecule has 2 unspecified atom stereocenters. The van der Waals surface area contributed by atoms with Crippen LogP contribution in [0.5, 0.6) is 0 Å². The molecule has 10 heavy (non-hydrogen) atoms. The predicted octanol–water partition coefficient (Wildman–Crippen LogP) is 2.08. The molecular weight excluding hydrogens is 151 g/mol. The summed E-state index contributed by atoms with van der Waals surface area (Å²) >= 11 is 0. The van der Waals surface area contributed by atoms with Crippen molar-refractivity contribution in [2.45, 2.75) is 26.4 Å². The van der Waals surface area contributed by atoms with Crippen LogP contribution in [0.2, 0.25) is 0 Å². The lowest BCUT2D eigenvalue weighted by atomic mass is 10.5. The summed E-state index contributed by atoms with van der Waals surface area (Å²) in [7, 11) is -0.990. The molecule has 0 radical (unpaired) electrons. The van der Waals surface area contributed by atoms with Crippen molar-refractivity contribution in [3.63, 3.8) is 0 Å². The zero-order chi connectivity index (χ0) is 7.40. The normalized spacial score (nSPS) is 33.0. The highest BCUT2D eigenvalue weighted by Gasteiger charge is 2.24. The highest BCUT2D eigenvalue weighted by molar-refractivity contribution is 7.41. The average Bonchev–Trinajstić information content (AvgIpc) is 2.31. The van der Waals surface area contributed by atoms with Crippen molar-refractivity contribution in [1.82, 2.24) is 0 Å². The monoisotopic (exact) mass is 164 g/mol. The average molecular weight is 164 g/mol. The second-order valence-corrected chi connectivity index (χ2v) is 3.44. The second-order valence-electron chi connectivity index (χ2n) is 2.27. The summed E-state index contributed by atoms with van der Waals surface area (Å²) in [6.07, 6.45) is 1.22. The van der Waals surface area contributed by atoms with Gasteiger partial charge in [-0.3, -0.25) is 0 Å². The van der Waals surface area contributed by atoms with Crippen molar-refractivity contribution >= 4 is 8.60 Å². The van der Waals surface area contributed by atoms with Crippen LogP contribution in [0, 0.1) is 0 Å². The van der Waals surface area contributed by atoms with Crippen molar-refractivity contribution in [2.75, 3.05) is 13.2 Å². The largest absolute Gasteiger partial charge is 0.333 e. The first-order valence-corrected chi connectivity index (χ1v) is 4.65. The van der Waals surface area contributed by atoms with Gasteiger partial charge in [-0.25, -0.2) is 0 Å². The van der Waals surface area contributed by atoms with Crippen LogP contribution in [0.15, 0.2) is 0 Å². The molecule has 0 N–H and O–H groups in total. The fourth-order valence-corrected chi connectivity index (χ4v) is 1.82. The first-order valence-electron chi connectivity index (χ1n) is 3.55. The maximum atomic E-state index is 5.28. The van der Waals surface area contributed by atoms with Crippen molar-refractivity contribution < 1.29 is 13.6 Å². The fourth-order valence-electron chi connectivity index (χ4n) is 0.607. The Morgan fingerprint density at radius 1 is 1.70 bits per heavy atom. The van der Waals surface area contributed by atoms with E-state index in [0.29, 0.717) is 6.61 Å². The third-order valence-corrected chi connectivity index (χ3v) is 2.37.